The largest absolute Gasteiger partial charge is 0.508 e. The Kier molecular flexibility index (Phi) is 7.46. The summed E-state index contributed by atoms with van der Waals surface area (Å²) in [6.07, 6.45) is -8.96. The summed E-state index contributed by atoms with van der Waals surface area (Å²) in [5, 5.41) is 9.88. The van der Waals surface area contributed by atoms with Gasteiger partial charge >= 0.3 is 18.0 Å². The van der Waals surface area contributed by atoms with Gasteiger partial charge in [0.25, 0.3) is 0 Å². The molecule has 1 saturated heterocycles. The van der Waals surface area contributed by atoms with E-state index in [1.165, 1.54) is 23.1 Å². The summed E-state index contributed by atoms with van der Waals surface area (Å²) in [6.45, 7) is -0.424. The zero-order valence-electron chi connectivity index (χ0n) is 20.5. The first-order chi connectivity index (χ1) is 18.0. The minimum atomic E-state index is -6.32. The maximum Gasteiger partial charge on any atom is 0.435 e. The zero-order chi connectivity index (χ0) is 28.9. The lowest BCUT2D eigenvalue weighted by atomic mass is 9.88. The number of sulfone groups is 1. The van der Waals surface area contributed by atoms with E-state index in [1.807, 2.05) is 0 Å². The van der Waals surface area contributed by atoms with Gasteiger partial charge in [-0.2, -0.15) is 26.3 Å². The molecule has 1 aliphatic carbocycles. The number of hydrogen-bond donors (Lipinski definition) is 1. The quantitative estimate of drug-likeness (QED) is 0.429. The van der Waals surface area contributed by atoms with Gasteiger partial charge in [0.2, 0.25) is 5.91 Å². The van der Waals surface area contributed by atoms with E-state index >= 15 is 0 Å². The van der Waals surface area contributed by atoms with Crippen molar-refractivity contribution < 1.29 is 49.1 Å². The van der Waals surface area contributed by atoms with Crippen LogP contribution in [0.15, 0.2) is 53.4 Å². The third kappa shape index (κ3) is 4.87. The number of benzene rings is 2. The van der Waals surface area contributed by atoms with Crippen molar-refractivity contribution in [3.8, 4) is 5.75 Å². The van der Waals surface area contributed by atoms with Crippen LogP contribution in [0, 0.1) is 5.92 Å². The molecule has 214 valence electrons. The maximum atomic E-state index is 14.6. The fourth-order valence-corrected chi connectivity index (χ4v) is 7.67. The van der Waals surface area contributed by atoms with E-state index in [-0.39, 0.29) is 53.1 Å². The summed E-state index contributed by atoms with van der Waals surface area (Å²) >= 11 is 0. The van der Waals surface area contributed by atoms with Crippen molar-refractivity contribution in [3.05, 3.63) is 59.7 Å². The van der Waals surface area contributed by atoms with Gasteiger partial charge in [0, 0.05) is 24.6 Å². The number of phenolic OH excluding ortho intramolecular Hbond substituents is 1. The van der Waals surface area contributed by atoms with Gasteiger partial charge in [0.1, 0.15) is 10.5 Å². The standard InChI is InChI=1S/C26H26F7NO4S/c27-24(25(28,29)30,26(31,32)33)19-11-9-18(10-12-19)23(39(37,38)21-8-4-7-20(35)15-21)13-14-34(16-23)22(36)17-5-2-1-3-6-17/h4,7-12,15,17,35H,1-3,5-6,13-14,16H2. The number of carbonyl (C=O) groups excluding carboxylic acids is 1. The SMILES string of the molecule is O=C(C1CCCCC1)N1CCC(c2ccc(C(F)(C(F)(F)F)C(F)(F)F)cc2)(S(=O)(=O)c2cccc(O)c2)C1. The molecule has 2 aliphatic rings. The van der Waals surface area contributed by atoms with E-state index in [9.17, 15) is 49.1 Å². The lowest BCUT2D eigenvalue weighted by Gasteiger charge is -2.33. The molecule has 1 heterocycles. The molecule has 4 rings (SSSR count). The summed E-state index contributed by atoms with van der Waals surface area (Å²) < 4.78 is 120. The third-order valence-corrected chi connectivity index (χ3v) is 10.2. The predicted octanol–water partition coefficient (Wildman–Crippen LogP) is 6.16. The van der Waals surface area contributed by atoms with Gasteiger partial charge < -0.3 is 10.0 Å². The number of carbonyl (C=O) groups is 1. The van der Waals surface area contributed by atoms with Gasteiger partial charge in [-0.15, -0.1) is 0 Å². The Labute approximate surface area is 220 Å². The molecule has 2 fully saturated rings. The Hall–Kier alpha value is -2.83. The van der Waals surface area contributed by atoms with E-state index in [4.69, 9.17) is 0 Å². The summed E-state index contributed by atoms with van der Waals surface area (Å²) in [6, 6.07) is 6.68. The normalized spacial score (nSPS) is 21.8. The van der Waals surface area contributed by atoms with Crippen LogP contribution >= 0.6 is 0 Å². The summed E-state index contributed by atoms with van der Waals surface area (Å²) in [7, 11) is -4.47. The fraction of sp³-hybridized carbons (Fsp3) is 0.500. The van der Waals surface area contributed by atoms with Crippen LogP contribution in [-0.2, 0) is 25.0 Å². The molecule has 1 N–H and O–H groups in total. The van der Waals surface area contributed by atoms with Crippen LogP contribution < -0.4 is 0 Å². The molecule has 1 atom stereocenters. The number of phenols is 1. The molecule has 1 unspecified atom stereocenters. The highest BCUT2D eigenvalue weighted by Gasteiger charge is 2.73. The molecule has 1 amide bonds. The Morgan fingerprint density at radius 1 is 0.897 bits per heavy atom. The van der Waals surface area contributed by atoms with Gasteiger partial charge in [-0.1, -0.05) is 49.6 Å². The van der Waals surface area contributed by atoms with Crippen molar-refractivity contribution >= 4 is 15.7 Å². The molecule has 0 radical (unpaired) electrons. The molecule has 1 saturated carbocycles. The molecule has 2 aromatic carbocycles. The Morgan fingerprint density at radius 2 is 1.49 bits per heavy atom. The molecule has 1 aliphatic heterocycles. The van der Waals surface area contributed by atoms with Crippen molar-refractivity contribution in [1.82, 2.24) is 4.90 Å². The van der Waals surface area contributed by atoms with Crippen molar-refractivity contribution in [2.24, 2.45) is 5.92 Å². The van der Waals surface area contributed by atoms with Crippen LogP contribution in [0.3, 0.4) is 0 Å². The third-order valence-electron chi connectivity index (χ3n) is 7.73. The second-order valence-electron chi connectivity index (χ2n) is 10.1. The van der Waals surface area contributed by atoms with Crippen LogP contribution in [0.1, 0.15) is 49.7 Å². The number of nitrogens with zero attached hydrogens (tertiary/aromatic N) is 1. The minimum Gasteiger partial charge on any atom is -0.508 e. The summed E-state index contributed by atoms with van der Waals surface area (Å²) in [5.74, 6) is -0.963. The number of alkyl halides is 7. The lowest BCUT2D eigenvalue weighted by molar-refractivity contribution is -0.348. The number of aromatic hydroxyl groups is 1. The van der Waals surface area contributed by atoms with Crippen LogP contribution in [-0.4, -0.2) is 49.8 Å². The van der Waals surface area contributed by atoms with Crippen LogP contribution in [0.5, 0.6) is 5.75 Å². The van der Waals surface area contributed by atoms with Crippen LogP contribution in [0.2, 0.25) is 0 Å². The molecule has 5 nitrogen and oxygen atoms in total. The number of likely N-dealkylation sites (tertiary alicyclic amines) is 1. The van der Waals surface area contributed by atoms with E-state index in [0.717, 1.165) is 37.5 Å². The molecule has 0 spiro atoms. The topological polar surface area (TPSA) is 74.7 Å². The highest BCUT2D eigenvalue weighted by molar-refractivity contribution is 7.92. The first-order valence-corrected chi connectivity index (χ1v) is 13.8. The van der Waals surface area contributed by atoms with Crippen molar-refractivity contribution in [2.75, 3.05) is 13.1 Å². The van der Waals surface area contributed by atoms with Crippen molar-refractivity contribution in [1.29, 1.82) is 0 Å². The van der Waals surface area contributed by atoms with E-state index in [1.54, 1.807) is 0 Å². The number of amides is 1. The molecule has 13 heteroatoms. The van der Waals surface area contributed by atoms with Gasteiger partial charge in [0.05, 0.1) is 4.90 Å². The van der Waals surface area contributed by atoms with E-state index in [2.05, 4.69) is 0 Å². The van der Waals surface area contributed by atoms with Gasteiger partial charge in [-0.25, -0.2) is 12.8 Å². The average molecular weight is 582 g/mol. The van der Waals surface area contributed by atoms with Gasteiger partial charge in [-0.05, 0) is 43.0 Å². The molecule has 0 bridgehead atoms. The van der Waals surface area contributed by atoms with E-state index < -0.39 is 44.7 Å². The molecule has 0 aromatic heterocycles. The minimum absolute atomic E-state index is 0.0206. The Bertz CT molecular complexity index is 1310. The summed E-state index contributed by atoms with van der Waals surface area (Å²) in [5.41, 5.74) is -7.61. The highest BCUT2D eigenvalue weighted by atomic mass is 32.2. The first kappa shape index (κ1) is 29.2. The molecular weight excluding hydrogens is 555 g/mol. The Morgan fingerprint density at radius 3 is 2.03 bits per heavy atom. The lowest BCUT2D eigenvalue weighted by Crippen LogP contribution is -2.50. The number of halogens is 7. The summed E-state index contributed by atoms with van der Waals surface area (Å²) in [4.78, 5) is 14.2. The maximum absolute atomic E-state index is 14.6. The average Bonchev–Trinajstić information content (AvgIpc) is 3.34. The van der Waals surface area contributed by atoms with Crippen LogP contribution in [0.4, 0.5) is 30.7 Å². The van der Waals surface area contributed by atoms with Crippen molar-refractivity contribution in [3.63, 3.8) is 0 Å². The van der Waals surface area contributed by atoms with E-state index in [0.29, 0.717) is 12.8 Å². The smallest absolute Gasteiger partial charge is 0.435 e. The monoisotopic (exact) mass is 581 g/mol. The van der Waals surface area contributed by atoms with Gasteiger partial charge in [0.15, 0.2) is 9.84 Å². The number of rotatable bonds is 5. The van der Waals surface area contributed by atoms with Crippen molar-refractivity contribution in [2.45, 2.75) is 66.2 Å². The zero-order valence-corrected chi connectivity index (χ0v) is 21.3. The highest BCUT2D eigenvalue weighted by Crippen LogP contribution is 2.54. The molecular formula is C26H26F7NO4S. The second-order valence-corrected chi connectivity index (χ2v) is 12.3. The molecule has 2 aromatic rings. The second kappa shape index (κ2) is 9.97. The Balaban J connectivity index is 1.80. The fourth-order valence-electron chi connectivity index (χ4n) is 5.56. The number of hydrogen-bond acceptors (Lipinski definition) is 4. The molecule has 39 heavy (non-hydrogen) atoms. The van der Waals surface area contributed by atoms with Gasteiger partial charge in [-0.3, -0.25) is 4.79 Å². The van der Waals surface area contributed by atoms with Crippen LogP contribution in [0.25, 0.3) is 0 Å². The predicted molar refractivity (Wildman–Crippen MR) is 126 cm³/mol. The first-order valence-electron chi connectivity index (χ1n) is 12.3.